The Bertz CT molecular complexity index is 1310. The maximum atomic E-state index is 13.9. The minimum atomic E-state index is -3.91. The molecule has 7 nitrogen and oxygen atoms in total. The largest absolute Gasteiger partial charge is 0.497 e. The van der Waals surface area contributed by atoms with E-state index in [1.807, 2.05) is 0 Å². The molecule has 30 heavy (non-hydrogen) atoms. The van der Waals surface area contributed by atoms with Crippen LogP contribution in [0.15, 0.2) is 77.7 Å². The van der Waals surface area contributed by atoms with Gasteiger partial charge in [-0.3, -0.25) is 4.72 Å². The molecule has 4 rings (SSSR count). The molecule has 0 unspecified atom stereocenters. The fraction of sp³-hybridized carbons (Fsp3) is 0.0476. The first-order chi connectivity index (χ1) is 14.4. The van der Waals surface area contributed by atoms with E-state index in [9.17, 15) is 12.8 Å². The van der Waals surface area contributed by atoms with E-state index in [1.165, 1.54) is 31.4 Å². The van der Waals surface area contributed by atoms with Gasteiger partial charge in [-0.1, -0.05) is 30.3 Å². The Kier molecular flexibility index (Phi) is 5.20. The number of ether oxygens (including phenoxy) is 1. The van der Waals surface area contributed by atoms with Gasteiger partial charge in [-0.25, -0.2) is 22.8 Å². The topological polar surface area (TPSA) is 93.2 Å². The summed E-state index contributed by atoms with van der Waals surface area (Å²) in [7, 11) is -2.48. The SMILES string of the molecule is COc1cc(F)cc(Nc2nc3ccccc3nc2NS(=O)(=O)c2ccccc2)c1. The van der Waals surface area contributed by atoms with Gasteiger partial charge >= 0.3 is 0 Å². The predicted octanol–water partition coefficient (Wildman–Crippen LogP) is 4.32. The number of benzene rings is 3. The molecule has 0 spiro atoms. The molecule has 0 aliphatic carbocycles. The lowest BCUT2D eigenvalue weighted by Crippen LogP contribution is -2.16. The number of nitrogens with one attached hydrogen (secondary N) is 2. The Morgan fingerprint density at radius 2 is 1.50 bits per heavy atom. The number of nitrogens with zero attached hydrogens (tertiary/aromatic N) is 2. The van der Waals surface area contributed by atoms with Crippen LogP contribution in [-0.2, 0) is 10.0 Å². The van der Waals surface area contributed by atoms with Crippen molar-refractivity contribution < 1.29 is 17.5 Å². The van der Waals surface area contributed by atoms with Gasteiger partial charge in [0.05, 0.1) is 23.0 Å². The van der Waals surface area contributed by atoms with Crippen LogP contribution in [0.5, 0.6) is 5.75 Å². The fourth-order valence-corrected chi connectivity index (χ4v) is 3.86. The third kappa shape index (κ3) is 4.15. The molecule has 0 aliphatic rings. The maximum Gasteiger partial charge on any atom is 0.263 e. The molecule has 2 N–H and O–H groups in total. The van der Waals surface area contributed by atoms with Crippen LogP contribution in [-0.4, -0.2) is 25.5 Å². The first-order valence-corrected chi connectivity index (χ1v) is 10.4. The monoisotopic (exact) mass is 424 g/mol. The maximum absolute atomic E-state index is 13.9. The smallest absolute Gasteiger partial charge is 0.263 e. The van der Waals surface area contributed by atoms with Crippen molar-refractivity contribution in [1.29, 1.82) is 0 Å². The zero-order valence-electron chi connectivity index (χ0n) is 15.8. The molecule has 1 aromatic heterocycles. The van der Waals surface area contributed by atoms with E-state index >= 15 is 0 Å². The summed E-state index contributed by atoms with van der Waals surface area (Å²) in [5, 5.41) is 2.93. The third-order valence-electron chi connectivity index (χ3n) is 4.22. The predicted molar refractivity (Wildman–Crippen MR) is 113 cm³/mol. The zero-order chi connectivity index (χ0) is 21.1. The Balaban J connectivity index is 1.79. The zero-order valence-corrected chi connectivity index (χ0v) is 16.7. The van der Waals surface area contributed by atoms with Crippen LogP contribution < -0.4 is 14.8 Å². The Morgan fingerprint density at radius 3 is 2.17 bits per heavy atom. The van der Waals surface area contributed by atoms with Crippen molar-refractivity contribution in [1.82, 2.24) is 9.97 Å². The molecular formula is C21H17FN4O3S. The van der Waals surface area contributed by atoms with Crippen LogP contribution in [0.3, 0.4) is 0 Å². The van der Waals surface area contributed by atoms with Gasteiger partial charge in [-0.2, -0.15) is 0 Å². The van der Waals surface area contributed by atoms with E-state index in [2.05, 4.69) is 20.0 Å². The minimum absolute atomic E-state index is 0.0132. The standard InChI is InChI=1S/C21H17FN4O3S/c1-29-16-12-14(22)11-15(13-16)23-20-21(25-19-10-6-5-9-18(19)24-20)26-30(27,28)17-7-3-2-4-8-17/h2-13H,1H3,(H,23,24)(H,25,26). The molecule has 0 bridgehead atoms. The molecule has 152 valence electrons. The number of anilines is 3. The van der Waals surface area contributed by atoms with E-state index in [4.69, 9.17) is 4.74 Å². The molecule has 0 atom stereocenters. The van der Waals surface area contributed by atoms with Crippen LogP contribution in [0.1, 0.15) is 0 Å². The minimum Gasteiger partial charge on any atom is -0.497 e. The van der Waals surface area contributed by atoms with Gasteiger partial charge in [0.15, 0.2) is 11.6 Å². The van der Waals surface area contributed by atoms with Gasteiger partial charge in [-0.15, -0.1) is 0 Å². The lowest BCUT2D eigenvalue weighted by atomic mass is 10.2. The quantitative estimate of drug-likeness (QED) is 0.479. The molecule has 0 amide bonds. The molecule has 4 aromatic rings. The number of rotatable bonds is 6. The van der Waals surface area contributed by atoms with Crippen molar-refractivity contribution in [3.63, 3.8) is 0 Å². The van der Waals surface area contributed by atoms with Gasteiger partial charge in [0.25, 0.3) is 10.0 Å². The van der Waals surface area contributed by atoms with E-state index in [0.717, 1.165) is 0 Å². The lowest BCUT2D eigenvalue weighted by Gasteiger charge is -2.14. The van der Waals surface area contributed by atoms with Crippen LogP contribution in [0, 0.1) is 5.82 Å². The Morgan fingerprint density at radius 1 is 0.867 bits per heavy atom. The first-order valence-electron chi connectivity index (χ1n) is 8.91. The Hall–Kier alpha value is -3.72. The second-order valence-electron chi connectivity index (χ2n) is 6.33. The highest BCUT2D eigenvalue weighted by Gasteiger charge is 2.19. The number of sulfonamides is 1. The highest BCUT2D eigenvalue weighted by atomic mass is 32.2. The molecule has 0 radical (unpaired) electrons. The average Bonchev–Trinajstić information content (AvgIpc) is 2.74. The van der Waals surface area contributed by atoms with Crippen LogP contribution in [0.2, 0.25) is 0 Å². The summed E-state index contributed by atoms with van der Waals surface area (Å²) in [4.78, 5) is 8.96. The van der Waals surface area contributed by atoms with Crippen molar-refractivity contribution in [2.75, 3.05) is 17.1 Å². The van der Waals surface area contributed by atoms with E-state index < -0.39 is 15.8 Å². The molecule has 0 aliphatic heterocycles. The number of methoxy groups -OCH3 is 1. The highest BCUT2D eigenvalue weighted by Crippen LogP contribution is 2.29. The number of para-hydroxylation sites is 2. The average molecular weight is 424 g/mol. The van der Waals surface area contributed by atoms with Crippen LogP contribution >= 0.6 is 0 Å². The van der Waals surface area contributed by atoms with Gasteiger partial charge in [0.1, 0.15) is 11.6 Å². The van der Waals surface area contributed by atoms with Crippen LogP contribution in [0.4, 0.5) is 21.7 Å². The summed E-state index contributed by atoms with van der Waals surface area (Å²) in [6, 6.07) is 19.0. The third-order valence-corrected chi connectivity index (χ3v) is 5.58. The fourth-order valence-electron chi connectivity index (χ4n) is 2.83. The van der Waals surface area contributed by atoms with Gasteiger partial charge in [-0.05, 0) is 30.3 Å². The van der Waals surface area contributed by atoms with E-state index in [0.29, 0.717) is 22.5 Å². The van der Waals surface area contributed by atoms with Crippen molar-refractivity contribution in [2.24, 2.45) is 0 Å². The van der Waals surface area contributed by atoms with Gasteiger partial charge in [0, 0.05) is 17.8 Å². The summed E-state index contributed by atoms with van der Waals surface area (Å²) in [6.45, 7) is 0. The number of fused-ring (bicyclic) bond motifs is 1. The summed E-state index contributed by atoms with van der Waals surface area (Å²) in [5.41, 5.74) is 1.38. The normalized spacial score (nSPS) is 11.3. The van der Waals surface area contributed by atoms with Crippen molar-refractivity contribution in [2.45, 2.75) is 4.90 Å². The molecule has 1 heterocycles. The summed E-state index contributed by atoms with van der Waals surface area (Å²) < 4.78 is 47.1. The Labute approximate surface area is 172 Å². The molecule has 3 aromatic carbocycles. The molecule has 0 saturated carbocycles. The summed E-state index contributed by atoms with van der Waals surface area (Å²) in [6.07, 6.45) is 0. The van der Waals surface area contributed by atoms with Crippen molar-refractivity contribution >= 4 is 38.4 Å². The molecular weight excluding hydrogens is 407 g/mol. The number of aromatic nitrogens is 2. The number of halogens is 1. The second kappa shape index (κ2) is 7.96. The van der Waals surface area contributed by atoms with E-state index in [-0.39, 0.29) is 16.5 Å². The van der Waals surface area contributed by atoms with Crippen LogP contribution in [0.25, 0.3) is 11.0 Å². The lowest BCUT2D eigenvalue weighted by molar-refractivity contribution is 0.411. The van der Waals surface area contributed by atoms with Crippen molar-refractivity contribution in [3.8, 4) is 5.75 Å². The molecule has 0 fully saturated rings. The summed E-state index contributed by atoms with van der Waals surface area (Å²) >= 11 is 0. The highest BCUT2D eigenvalue weighted by molar-refractivity contribution is 7.92. The summed E-state index contributed by atoms with van der Waals surface area (Å²) in [5.74, 6) is -0.101. The number of hydrogen-bond donors (Lipinski definition) is 2. The van der Waals surface area contributed by atoms with E-state index in [1.54, 1.807) is 48.5 Å². The van der Waals surface area contributed by atoms with Gasteiger partial charge in [0.2, 0.25) is 0 Å². The van der Waals surface area contributed by atoms with Crippen molar-refractivity contribution in [3.05, 3.63) is 78.6 Å². The molecule has 9 heteroatoms. The molecule has 0 saturated heterocycles. The second-order valence-corrected chi connectivity index (χ2v) is 8.02. The van der Waals surface area contributed by atoms with Gasteiger partial charge < -0.3 is 10.1 Å². The first kappa shape index (κ1) is 19.6. The number of hydrogen-bond acceptors (Lipinski definition) is 6.